The number of anilines is 1. The van der Waals surface area contributed by atoms with Gasteiger partial charge in [-0.1, -0.05) is 15.9 Å². The molecule has 0 saturated carbocycles. The largest absolute Gasteiger partial charge is 0.366 e. The van der Waals surface area contributed by atoms with E-state index in [4.69, 9.17) is 5.73 Å². The maximum absolute atomic E-state index is 11.1. The third-order valence-corrected chi connectivity index (χ3v) is 4.16. The van der Waals surface area contributed by atoms with E-state index >= 15 is 0 Å². The molecule has 1 aliphatic heterocycles. The van der Waals surface area contributed by atoms with Gasteiger partial charge in [0, 0.05) is 23.6 Å². The number of nitrogens with zero attached hydrogens (tertiary/aromatic N) is 2. The third-order valence-electron chi connectivity index (χ3n) is 3.66. The Morgan fingerprint density at radius 1 is 1.42 bits per heavy atom. The summed E-state index contributed by atoms with van der Waals surface area (Å²) in [6.45, 7) is 2.46. The summed E-state index contributed by atoms with van der Waals surface area (Å²) < 4.78 is 0.737. The number of nitro groups is 1. The molecule has 0 aromatic heterocycles. The Morgan fingerprint density at radius 3 is 2.68 bits per heavy atom. The standard InChI is InChI=1S/C13H18BrN3O2/c14-11-1-2-12(13(9-11)17(18)19)16-7-4-10(3-6-15)5-8-16/h1-2,9-10H,3-8,15H2. The monoisotopic (exact) mass is 327 g/mol. The number of benzene rings is 1. The summed E-state index contributed by atoms with van der Waals surface area (Å²) in [6, 6.07) is 5.25. The van der Waals surface area contributed by atoms with Crippen LogP contribution in [0.4, 0.5) is 11.4 Å². The van der Waals surface area contributed by atoms with Crippen molar-refractivity contribution in [3.8, 4) is 0 Å². The molecule has 0 radical (unpaired) electrons. The SMILES string of the molecule is NCCC1CCN(c2ccc(Br)cc2[N+](=O)[O-])CC1. The van der Waals surface area contributed by atoms with Gasteiger partial charge in [-0.15, -0.1) is 0 Å². The Morgan fingerprint density at radius 2 is 2.11 bits per heavy atom. The zero-order chi connectivity index (χ0) is 13.8. The van der Waals surface area contributed by atoms with Gasteiger partial charge in [-0.2, -0.15) is 0 Å². The van der Waals surface area contributed by atoms with Crippen LogP contribution in [0.3, 0.4) is 0 Å². The highest BCUT2D eigenvalue weighted by Crippen LogP contribution is 2.34. The molecule has 5 nitrogen and oxygen atoms in total. The molecule has 0 amide bonds. The first-order valence-corrected chi connectivity index (χ1v) is 7.30. The second kappa shape index (κ2) is 6.34. The summed E-state index contributed by atoms with van der Waals surface area (Å²) in [5.41, 5.74) is 6.47. The van der Waals surface area contributed by atoms with E-state index in [2.05, 4.69) is 20.8 Å². The van der Waals surface area contributed by atoms with Crippen molar-refractivity contribution >= 4 is 27.3 Å². The normalized spacial score (nSPS) is 16.6. The van der Waals surface area contributed by atoms with Crippen LogP contribution in [-0.4, -0.2) is 24.6 Å². The van der Waals surface area contributed by atoms with Crippen molar-refractivity contribution in [2.24, 2.45) is 11.7 Å². The molecule has 1 aromatic rings. The highest BCUT2D eigenvalue weighted by Gasteiger charge is 2.24. The van der Waals surface area contributed by atoms with Gasteiger partial charge in [0.25, 0.3) is 5.69 Å². The van der Waals surface area contributed by atoms with Crippen molar-refractivity contribution in [1.29, 1.82) is 0 Å². The quantitative estimate of drug-likeness (QED) is 0.681. The Hall–Kier alpha value is -1.14. The molecule has 0 atom stereocenters. The van der Waals surface area contributed by atoms with Gasteiger partial charge in [0.15, 0.2) is 0 Å². The van der Waals surface area contributed by atoms with Crippen molar-refractivity contribution in [2.75, 3.05) is 24.5 Å². The molecule has 0 bridgehead atoms. The molecule has 1 fully saturated rings. The molecule has 1 aromatic carbocycles. The Labute approximate surface area is 121 Å². The topological polar surface area (TPSA) is 72.4 Å². The fourth-order valence-electron chi connectivity index (χ4n) is 2.61. The highest BCUT2D eigenvalue weighted by molar-refractivity contribution is 9.10. The van der Waals surface area contributed by atoms with E-state index in [9.17, 15) is 10.1 Å². The summed E-state index contributed by atoms with van der Waals surface area (Å²) in [7, 11) is 0. The molecule has 104 valence electrons. The molecule has 2 N–H and O–H groups in total. The van der Waals surface area contributed by atoms with Gasteiger partial charge in [0.05, 0.1) is 4.92 Å². The average molecular weight is 328 g/mol. The molecule has 0 spiro atoms. The minimum absolute atomic E-state index is 0.173. The van der Waals surface area contributed by atoms with Crippen molar-refractivity contribution < 1.29 is 4.92 Å². The van der Waals surface area contributed by atoms with Crippen LogP contribution in [0.25, 0.3) is 0 Å². The van der Waals surface area contributed by atoms with Gasteiger partial charge >= 0.3 is 0 Å². The lowest BCUT2D eigenvalue weighted by Crippen LogP contribution is -2.34. The molecule has 1 heterocycles. The maximum Gasteiger partial charge on any atom is 0.293 e. The third kappa shape index (κ3) is 3.45. The van der Waals surface area contributed by atoms with Gasteiger partial charge in [-0.25, -0.2) is 0 Å². The molecule has 19 heavy (non-hydrogen) atoms. The summed E-state index contributed by atoms with van der Waals surface area (Å²) in [5.74, 6) is 0.663. The van der Waals surface area contributed by atoms with Gasteiger partial charge < -0.3 is 10.6 Å². The van der Waals surface area contributed by atoms with E-state index in [1.807, 2.05) is 12.1 Å². The van der Waals surface area contributed by atoms with E-state index in [0.717, 1.165) is 49.1 Å². The van der Waals surface area contributed by atoms with Crippen LogP contribution in [0.1, 0.15) is 19.3 Å². The average Bonchev–Trinajstić information content (AvgIpc) is 2.40. The zero-order valence-corrected chi connectivity index (χ0v) is 12.3. The first-order valence-electron chi connectivity index (χ1n) is 6.50. The molecular formula is C13H18BrN3O2. The zero-order valence-electron chi connectivity index (χ0n) is 10.7. The van der Waals surface area contributed by atoms with Gasteiger partial charge in [0.1, 0.15) is 5.69 Å². The van der Waals surface area contributed by atoms with Crippen LogP contribution >= 0.6 is 15.9 Å². The van der Waals surface area contributed by atoms with E-state index < -0.39 is 0 Å². The highest BCUT2D eigenvalue weighted by atomic mass is 79.9. The van der Waals surface area contributed by atoms with E-state index in [1.54, 1.807) is 6.07 Å². The summed E-state index contributed by atoms with van der Waals surface area (Å²) in [5, 5.41) is 11.1. The summed E-state index contributed by atoms with van der Waals surface area (Å²) in [4.78, 5) is 12.9. The van der Waals surface area contributed by atoms with Crippen LogP contribution in [0.15, 0.2) is 22.7 Å². The van der Waals surface area contributed by atoms with Crippen molar-refractivity contribution in [1.82, 2.24) is 0 Å². The first-order chi connectivity index (χ1) is 9.11. The number of hydrogen-bond donors (Lipinski definition) is 1. The molecule has 1 saturated heterocycles. The predicted molar refractivity (Wildman–Crippen MR) is 79.4 cm³/mol. The second-order valence-corrected chi connectivity index (χ2v) is 5.81. The number of halogens is 1. The van der Waals surface area contributed by atoms with Gasteiger partial charge in [0.2, 0.25) is 0 Å². The number of rotatable bonds is 4. The fraction of sp³-hybridized carbons (Fsp3) is 0.538. The fourth-order valence-corrected chi connectivity index (χ4v) is 2.96. The van der Waals surface area contributed by atoms with Gasteiger partial charge in [-0.3, -0.25) is 10.1 Å². The molecule has 6 heteroatoms. The maximum atomic E-state index is 11.1. The van der Waals surface area contributed by atoms with Crippen LogP contribution in [0.5, 0.6) is 0 Å². The lowest BCUT2D eigenvalue weighted by Gasteiger charge is -2.33. The van der Waals surface area contributed by atoms with E-state index in [1.165, 1.54) is 0 Å². The molecule has 0 aliphatic carbocycles. The van der Waals surface area contributed by atoms with Crippen LogP contribution in [-0.2, 0) is 0 Å². The van der Waals surface area contributed by atoms with Crippen molar-refractivity contribution in [2.45, 2.75) is 19.3 Å². The predicted octanol–water partition coefficient (Wildman–Crippen LogP) is 2.92. The van der Waals surface area contributed by atoms with E-state index in [0.29, 0.717) is 5.92 Å². The Bertz CT molecular complexity index is 459. The Balaban J connectivity index is 2.13. The minimum atomic E-state index is -0.313. The smallest absolute Gasteiger partial charge is 0.293 e. The lowest BCUT2D eigenvalue weighted by molar-refractivity contribution is -0.384. The van der Waals surface area contributed by atoms with E-state index in [-0.39, 0.29) is 10.6 Å². The van der Waals surface area contributed by atoms with Crippen LogP contribution in [0, 0.1) is 16.0 Å². The summed E-state index contributed by atoms with van der Waals surface area (Å²) in [6.07, 6.45) is 3.17. The van der Waals surface area contributed by atoms with Crippen molar-refractivity contribution in [3.05, 3.63) is 32.8 Å². The molecule has 1 aliphatic rings. The Kier molecular flexibility index (Phi) is 4.76. The summed E-state index contributed by atoms with van der Waals surface area (Å²) >= 11 is 3.28. The molecule has 2 rings (SSSR count). The van der Waals surface area contributed by atoms with Crippen molar-refractivity contribution in [3.63, 3.8) is 0 Å². The number of hydrogen-bond acceptors (Lipinski definition) is 4. The lowest BCUT2D eigenvalue weighted by atomic mass is 9.93. The molecule has 0 unspecified atom stereocenters. The first kappa shape index (κ1) is 14.3. The second-order valence-electron chi connectivity index (χ2n) is 4.90. The number of nitro benzene ring substituents is 1. The molecular weight excluding hydrogens is 310 g/mol. The minimum Gasteiger partial charge on any atom is -0.366 e. The van der Waals surface area contributed by atoms with Crippen LogP contribution < -0.4 is 10.6 Å². The van der Waals surface area contributed by atoms with Crippen LogP contribution in [0.2, 0.25) is 0 Å². The number of piperidine rings is 1. The number of nitrogens with two attached hydrogens (primary N) is 1. The van der Waals surface area contributed by atoms with Gasteiger partial charge in [-0.05, 0) is 43.9 Å².